The summed E-state index contributed by atoms with van der Waals surface area (Å²) in [6.45, 7) is -0.457. The Kier molecular flexibility index (Phi) is 8.83. The quantitative estimate of drug-likeness (QED) is 0.284. The van der Waals surface area contributed by atoms with E-state index in [1.165, 1.54) is 12.3 Å². The minimum absolute atomic E-state index is 0.0428. The fraction of sp³-hybridized carbons (Fsp3) is 0.0909. The molecule has 32 heavy (non-hydrogen) atoms. The second kappa shape index (κ2) is 11.8. The summed E-state index contributed by atoms with van der Waals surface area (Å²) in [5.41, 5.74) is 1.40. The Balaban J connectivity index is 1.55. The molecule has 0 radical (unpaired) electrons. The number of pyridine rings is 1. The number of thioether (sulfide) groups is 1. The van der Waals surface area contributed by atoms with Gasteiger partial charge in [0.1, 0.15) is 5.03 Å². The number of halogens is 2. The first-order valence-electron chi connectivity index (χ1n) is 9.27. The molecule has 0 saturated heterocycles. The van der Waals surface area contributed by atoms with E-state index in [2.05, 4.69) is 47.5 Å². The summed E-state index contributed by atoms with van der Waals surface area (Å²) in [6.07, 6.45) is 1.52. The van der Waals surface area contributed by atoms with Crippen molar-refractivity contribution < 1.29 is 19.1 Å². The zero-order valence-electron chi connectivity index (χ0n) is 16.5. The molecule has 164 valence electrons. The summed E-state index contributed by atoms with van der Waals surface area (Å²) in [7, 11) is 0. The number of carbonyl (C=O) groups excluding carboxylic acids is 3. The first-order valence-corrected chi connectivity index (χ1v) is 11.8. The summed E-state index contributed by atoms with van der Waals surface area (Å²) in [5.74, 6) is -1.38. The summed E-state index contributed by atoms with van der Waals surface area (Å²) in [6, 6.07) is 17.5. The van der Waals surface area contributed by atoms with Gasteiger partial charge in [-0.3, -0.25) is 9.59 Å². The van der Waals surface area contributed by atoms with Gasteiger partial charge in [0.25, 0.3) is 5.91 Å². The molecule has 1 aromatic heterocycles. The van der Waals surface area contributed by atoms with E-state index in [1.807, 2.05) is 24.3 Å². The molecule has 1 heterocycles. The molecule has 0 aliphatic carbocycles. The van der Waals surface area contributed by atoms with Crippen molar-refractivity contribution in [2.24, 2.45) is 0 Å². The third kappa shape index (κ3) is 6.91. The summed E-state index contributed by atoms with van der Waals surface area (Å²) >= 11 is 7.81. The molecular formula is C22H17Br2N3O4S. The average molecular weight is 579 g/mol. The van der Waals surface area contributed by atoms with Gasteiger partial charge < -0.3 is 15.4 Å². The number of ether oxygens (including phenoxy) is 1. The topological polar surface area (TPSA) is 97.4 Å². The van der Waals surface area contributed by atoms with Crippen LogP contribution in [-0.4, -0.2) is 35.1 Å². The van der Waals surface area contributed by atoms with Crippen molar-refractivity contribution in [2.75, 3.05) is 23.0 Å². The molecule has 0 bridgehead atoms. The maximum atomic E-state index is 12.5. The Hall–Kier alpha value is -2.69. The fourth-order valence-corrected chi connectivity index (χ4v) is 4.05. The van der Waals surface area contributed by atoms with Crippen molar-refractivity contribution in [1.29, 1.82) is 0 Å². The van der Waals surface area contributed by atoms with Crippen LogP contribution in [0, 0.1) is 0 Å². The Morgan fingerprint density at radius 3 is 2.06 bits per heavy atom. The van der Waals surface area contributed by atoms with Crippen LogP contribution in [0.5, 0.6) is 0 Å². The largest absolute Gasteiger partial charge is 0.452 e. The number of amides is 2. The van der Waals surface area contributed by atoms with Gasteiger partial charge in [-0.25, -0.2) is 9.78 Å². The van der Waals surface area contributed by atoms with Crippen LogP contribution in [0.4, 0.5) is 11.4 Å². The van der Waals surface area contributed by atoms with Gasteiger partial charge in [0.2, 0.25) is 5.91 Å². The van der Waals surface area contributed by atoms with Crippen LogP contribution in [0.2, 0.25) is 0 Å². The third-order valence-corrected chi connectivity index (χ3v) is 6.35. The van der Waals surface area contributed by atoms with Crippen LogP contribution in [0.15, 0.2) is 80.8 Å². The number of aromatic nitrogens is 1. The second-order valence-electron chi connectivity index (χ2n) is 6.28. The Labute approximate surface area is 205 Å². The number of nitrogens with one attached hydrogen (secondary N) is 2. The van der Waals surface area contributed by atoms with E-state index in [1.54, 1.807) is 30.3 Å². The molecule has 0 unspecified atom stereocenters. The van der Waals surface area contributed by atoms with Gasteiger partial charge in [0.05, 0.1) is 22.7 Å². The number of para-hydroxylation sites is 2. The third-order valence-electron chi connectivity index (χ3n) is 3.96. The van der Waals surface area contributed by atoms with Crippen molar-refractivity contribution in [1.82, 2.24) is 4.98 Å². The lowest BCUT2D eigenvalue weighted by Gasteiger charge is -2.10. The van der Waals surface area contributed by atoms with Crippen molar-refractivity contribution in [3.8, 4) is 0 Å². The minimum atomic E-state index is -0.700. The molecule has 0 fully saturated rings. The van der Waals surface area contributed by atoms with E-state index >= 15 is 0 Å². The maximum absolute atomic E-state index is 12.5. The van der Waals surface area contributed by atoms with Gasteiger partial charge in [0, 0.05) is 15.1 Å². The first-order chi connectivity index (χ1) is 15.4. The van der Waals surface area contributed by atoms with E-state index in [4.69, 9.17) is 4.74 Å². The monoisotopic (exact) mass is 577 g/mol. The fourth-order valence-electron chi connectivity index (χ4n) is 2.50. The summed E-state index contributed by atoms with van der Waals surface area (Å²) in [4.78, 5) is 41.1. The SMILES string of the molecule is O=C(COC(=O)c1cccnc1SCC(=O)Nc1ccccc1Br)Nc1ccccc1Br. The molecule has 3 aromatic rings. The molecular weight excluding hydrogens is 562 g/mol. The Bertz CT molecular complexity index is 1140. The van der Waals surface area contributed by atoms with Crippen molar-refractivity contribution >= 4 is 72.8 Å². The highest BCUT2D eigenvalue weighted by Gasteiger charge is 2.17. The molecule has 2 aromatic carbocycles. The molecule has 0 saturated carbocycles. The van der Waals surface area contributed by atoms with Gasteiger partial charge in [0.15, 0.2) is 6.61 Å². The highest BCUT2D eigenvalue weighted by Crippen LogP contribution is 2.24. The maximum Gasteiger partial charge on any atom is 0.341 e. The van der Waals surface area contributed by atoms with E-state index in [0.717, 1.165) is 16.2 Å². The summed E-state index contributed by atoms with van der Waals surface area (Å²) in [5, 5.41) is 5.79. The number of esters is 1. The highest BCUT2D eigenvalue weighted by molar-refractivity contribution is 9.11. The van der Waals surface area contributed by atoms with E-state index < -0.39 is 18.5 Å². The lowest BCUT2D eigenvalue weighted by molar-refractivity contribution is -0.119. The molecule has 0 spiro atoms. The van der Waals surface area contributed by atoms with E-state index in [0.29, 0.717) is 20.9 Å². The molecule has 0 aliphatic heterocycles. The van der Waals surface area contributed by atoms with Crippen LogP contribution >= 0.6 is 43.6 Å². The van der Waals surface area contributed by atoms with Gasteiger partial charge in [-0.05, 0) is 68.3 Å². The van der Waals surface area contributed by atoms with Crippen molar-refractivity contribution in [3.63, 3.8) is 0 Å². The number of anilines is 2. The zero-order chi connectivity index (χ0) is 22.9. The molecule has 0 atom stereocenters. The molecule has 2 amide bonds. The normalized spacial score (nSPS) is 10.3. The van der Waals surface area contributed by atoms with Crippen LogP contribution in [0.3, 0.4) is 0 Å². The van der Waals surface area contributed by atoms with E-state index in [9.17, 15) is 14.4 Å². The lowest BCUT2D eigenvalue weighted by atomic mass is 10.3. The second-order valence-corrected chi connectivity index (χ2v) is 8.95. The molecule has 2 N–H and O–H groups in total. The molecule has 10 heteroatoms. The highest BCUT2D eigenvalue weighted by atomic mass is 79.9. The Morgan fingerprint density at radius 1 is 0.844 bits per heavy atom. The number of rotatable bonds is 8. The van der Waals surface area contributed by atoms with Crippen LogP contribution < -0.4 is 10.6 Å². The average Bonchev–Trinajstić information content (AvgIpc) is 2.79. The number of nitrogens with zero attached hydrogens (tertiary/aromatic N) is 1. The number of carbonyl (C=O) groups is 3. The van der Waals surface area contributed by atoms with Crippen molar-refractivity contribution in [2.45, 2.75) is 5.03 Å². The minimum Gasteiger partial charge on any atom is -0.452 e. The number of benzene rings is 2. The first kappa shape index (κ1) is 24.0. The molecule has 3 rings (SSSR count). The lowest BCUT2D eigenvalue weighted by Crippen LogP contribution is -2.21. The smallest absolute Gasteiger partial charge is 0.341 e. The van der Waals surface area contributed by atoms with Crippen LogP contribution in [0.25, 0.3) is 0 Å². The predicted molar refractivity (Wildman–Crippen MR) is 131 cm³/mol. The molecule has 7 nitrogen and oxygen atoms in total. The van der Waals surface area contributed by atoms with Gasteiger partial charge >= 0.3 is 5.97 Å². The van der Waals surface area contributed by atoms with Crippen LogP contribution in [-0.2, 0) is 14.3 Å². The molecule has 0 aliphatic rings. The van der Waals surface area contributed by atoms with Gasteiger partial charge in [-0.1, -0.05) is 36.0 Å². The standard InChI is InChI=1S/C22H17Br2N3O4S/c23-15-7-1-3-9-17(15)26-19(28)12-31-22(30)14-6-5-11-25-21(14)32-13-20(29)27-18-10-4-2-8-16(18)24/h1-11H,12-13H2,(H,26,28)(H,27,29). The number of hydrogen-bond acceptors (Lipinski definition) is 6. The van der Waals surface area contributed by atoms with E-state index in [-0.39, 0.29) is 17.2 Å². The zero-order valence-corrected chi connectivity index (χ0v) is 20.5. The Morgan fingerprint density at radius 2 is 1.44 bits per heavy atom. The number of hydrogen-bond donors (Lipinski definition) is 2. The van der Waals surface area contributed by atoms with Crippen LogP contribution in [0.1, 0.15) is 10.4 Å². The van der Waals surface area contributed by atoms with Crippen molar-refractivity contribution in [3.05, 3.63) is 81.4 Å². The predicted octanol–water partition coefficient (Wildman–Crippen LogP) is 5.13. The van der Waals surface area contributed by atoms with Gasteiger partial charge in [-0.15, -0.1) is 0 Å². The summed E-state index contributed by atoms with van der Waals surface area (Å²) < 4.78 is 6.61. The van der Waals surface area contributed by atoms with Gasteiger partial charge in [-0.2, -0.15) is 0 Å².